The number of benzene rings is 2. The lowest BCUT2D eigenvalue weighted by Gasteiger charge is -2.23. The summed E-state index contributed by atoms with van der Waals surface area (Å²) in [6, 6.07) is 11.8. The molecule has 2 rings (SSSR count). The third kappa shape index (κ3) is 5.37. The first-order valence-corrected chi connectivity index (χ1v) is 8.33. The highest BCUT2D eigenvalue weighted by Crippen LogP contribution is 2.31. The minimum Gasteiger partial charge on any atom is -0.495 e. The van der Waals surface area contributed by atoms with E-state index in [9.17, 15) is 9.59 Å². The van der Waals surface area contributed by atoms with Gasteiger partial charge in [0.1, 0.15) is 5.75 Å². The van der Waals surface area contributed by atoms with Crippen LogP contribution in [-0.4, -0.2) is 25.5 Å². The number of amides is 2. The van der Waals surface area contributed by atoms with Gasteiger partial charge in [0.2, 0.25) is 11.8 Å². The van der Waals surface area contributed by atoms with Gasteiger partial charge in [0, 0.05) is 35.6 Å². The van der Waals surface area contributed by atoms with E-state index in [1.165, 1.54) is 18.9 Å². The molecule has 0 heterocycles. The Morgan fingerprint density at radius 1 is 1.08 bits per heavy atom. The first kappa shape index (κ1) is 19.1. The highest BCUT2D eigenvalue weighted by Gasteiger charge is 2.18. The van der Waals surface area contributed by atoms with Crippen LogP contribution in [0.5, 0.6) is 5.75 Å². The quantitative estimate of drug-likeness (QED) is 0.808. The number of carbonyl (C=O) groups excluding carboxylic acids is 2. The second kappa shape index (κ2) is 8.74. The average molecular weight is 381 g/mol. The van der Waals surface area contributed by atoms with E-state index in [1.807, 2.05) is 0 Å². The fourth-order valence-corrected chi connectivity index (χ4v) is 2.58. The molecule has 0 aliphatic carbocycles. The van der Waals surface area contributed by atoms with Crippen LogP contribution < -0.4 is 15.0 Å². The molecule has 0 aromatic heterocycles. The second-order valence-corrected chi connectivity index (χ2v) is 6.16. The van der Waals surface area contributed by atoms with Crippen LogP contribution in [0.4, 0.5) is 11.4 Å². The number of nitrogens with zero attached hydrogens (tertiary/aromatic N) is 1. The zero-order chi connectivity index (χ0) is 18.4. The van der Waals surface area contributed by atoms with Gasteiger partial charge in [-0.3, -0.25) is 9.59 Å². The van der Waals surface area contributed by atoms with Crippen LogP contribution in [0.25, 0.3) is 0 Å². The Morgan fingerprint density at radius 2 is 1.72 bits per heavy atom. The lowest BCUT2D eigenvalue weighted by Crippen LogP contribution is -2.32. The fourth-order valence-electron chi connectivity index (χ4n) is 2.29. The molecule has 7 heteroatoms. The molecule has 5 nitrogen and oxygen atoms in total. The van der Waals surface area contributed by atoms with Crippen molar-refractivity contribution in [3.05, 3.63) is 52.5 Å². The molecule has 0 atom stereocenters. The summed E-state index contributed by atoms with van der Waals surface area (Å²) >= 11 is 11.8. The van der Waals surface area contributed by atoms with Crippen LogP contribution >= 0.6 is 23.2 Å². The predicted molar refractivity (Wildman–Crippen MR) is 101 cm³/mol. The number of rotatable bonds is 6. The number of methoxy groups -OCH3 is 1. The van der Waals surface area contributed by atoms with Crippen LogP contribution in [0.15, 0.2) is 42.5 Å². The monoisotopic (exact) mass is 380 g/mol. The van der Waals surface area contributed by atoms with Gasteiger partial charge in [0.05, 0.1) is 12.8 Å². The molecule has 1 N–H and O–H groups in total. The van der Waals surface area contributed by atoms with E-state index in [-0.39, 0.29) is 24.8 Å². The van der Waals surface area contributed by atoms with E-state index in [2.05, 4.69) is 5.32 Å². The van der Waals surface area contributed by atoms with Gasteiger partial charge < -0.3 is 15.0 Å². The second-order valence-electron chi connectivity index (χ2n) is 5.29. The minimum atomic E-state index is -0.213. The maximum absolute atomic E-state index is 12.1. The van der Waals surface area contributed by atoms with Gasteiger partial charge in [-0.25, -0.2) is 0 Å². The number of anilines is 2. The van der Waals surface area contributed by atoms with Crippen LogP contribution in [0.2, 0.25) is 10.0 Å². The van der Waals surface area contributed by atoms with E-state index in [1.54, 1.807) is 42.5 Å². The average Bonchev–Trinajstić information content (AvgIpc) is 2.57. The molecule has 0 fully saturated rings. The van der Waals surface area contributed by atoms with Gasteiger partial charge in [-0.2, -0.15) is 0 Å². The minimum absolute atomic E-state index is 0.123. The molecule has 0 saturated heterocycles. The molecule has 0 aliphatic rings. The number of hydrogen-bond donors (Lipinski definition) is 1. The van der Waals surface area contributed by atoms with Gasteiger partial charge in [-0.05, 0) is 42.5 Å². The normalized spacial score (nSPS) is 10.2. The summed E-state index contributed by atoms with van der Waals surface area (Å²) in [6.45, 7) is 1.63. The van der Waals surface area contributed by atoms with Gasteiger partial charge in [0.25, 0.3) is 0 Å². The molecule has 2 aromatic carbocycles. The maximum atomic E-state index is 12.1. The van der Waals surface area contributed by atoms with Crippen LogP contribution in [0.1, 0.15) is 13.3 Å². The number of halogens is 2. The molecule has 2 aromatic rings. The van der Waals surface area contributed by atoms with Crippen LogP contribution in [0.3, 0.4) is 0 Å². The molecule has 0 unspecified atom stereocenters. The molecular formula is C18H18Cl2N2O3. The van der Waals surface area contributed by atoms with Crippen LogP contribution in [-0.2, 0) is 9.59 Å². The first-order valence-electron chi connectivity index (χ1n) is 7.57. The standard InChI is InChI=1S/C18H18Cl2N2O3/c1-12(23)22(16-11-14(20)5-8-17(16)25-2)10-9-18(24)21-15-6-3-13(19)4-7-15/h3-8,11H,9-10H2,1-2H3,(H,21,24). The fraction of sp³-hybridized carbons (Fsp3) is 0.222. The van der Waals surface area contributed by atoms with Crippen molar-refractivity contribution in [2.45, 2.75) is 13.3 Å². The summed E-state index contributed by atoms with van der Waals surface area (Å²) < 4.78 is 5.28. The summed E-state index contributed by atoms with van der Waals surface area (Å²) in [6.07, 6.45) is 0.123. The molecule has 2 amide bonds. The molecule has 0 spiro atoms. The number of hydrogen-bond acceptors (Lipinski definition) is 3. The predicted octanol–water partition coefficient (Wildman–Crippen LogP) is 4.38. The van der Waals surface area contributed by atoms with Crippen molar-refractivity contribution in [3.63, 3.8) is 0 Å². The summed E-state index contributed by atoms with van der Waals surface area (Å²) in [4.78, 5) is 25.6. The van der Waals surface area contributed by atoms with Gasteiger partial charge in [-0.1, -0.05) is 23.2 Å². The Kier molecular flexibility index (Phi) is 6.67. The van der Waals surface area contributed by atoms with Crippen LogP contribution in [0, 0.1) is 0 Å². The van der Waals surface area contributed by atoms with E-state index in [0.29, 0.717) is 27.2 Å². The van der Waals surface area contributed by atoms with Crippen molar-refractivity contribution in [3.8, 4) is 5.75 Å². The Bertz CT molecular complexity index is 763. The van der Waals surface area contributed by atoms with Crippen molar-refractivity contribution in [1.29, 1.82) is 0 Å². The van der Waals surface area contributed by atoms with E-state index < -0.39 is 0 Å². The smallest absolute Gasteiger partial charge is 0.226 e. The van der Waals surface area contributed by atoms with Gasteiger partial charge >= 0.3 is 0 Å². The zero-order valence-electron chi connectivity index (χ0n) is 13.9. The molecule has 0 radical (unpaired) electrons. The number of nitrogens with one attached hydrogen (secondary N) is 1. The van der Waals surface area contributed by atoms with Crippen molar-refractivity contribution in [2.75, 3.05) is 23.9 Å². The molecule has 25 heavy (non-hydrogen) atoms. The summed E-state index contributed by atoms with van der Waals surface area (Å²) in [5.74, 6) is 0.0899. The largest absolute Gasteiger partial charge is 0.495 e. The lowest BCUT2D eigenvalue weighted by molar-refractivity contribution is -0.117. The van der Waals surface area contributed by atoms with Gasteiger partial charge in [0.15, 0.2) is 0 Å². The Balaban J connectivity index is 2.07. The summed E-state index contributed by atoms with van der Waals surface area (Å²) in [7, 11) is 1.51. The lowest BCUT2D eigenvalue weighted by atomic mass is 10.2. The number of ether oxygens (including phenoxy) is 1. The topological polar surface area (TPSA) is 58.6 Å². The van der Waals surface area contributed by atoms with Gasteiger partial charge in [-0.15, -0.1) is 0 Å². The third-order valence-electron chi connectivity index (χ3n) is 3.50. The van der Waals surface area contributed by atoms with Crippen molar-refractivity contribution < 1.29 is 14.3 Å². The Hall–Kier alpha value is -2.24. The Labute approximate surface area is 156 Å². The third-order valence-corrected chi connectivity index (χ3v) is 3.99. The van der Waals surface area contributed by atoms with Crippen molar-refractivity contribution in [1.82, 2.24) is 0 Å². The molecule has 0 aliphatic heterocycles. The van der Waals surface area contributed by atoms with E-state index in [4.69, 9.17) is 27.9 Å². The highest BCUT2D eigenvalue weighted by atomic mass is 35.5. The SMILES string of the molecule is COc1ccc(Cl)cc1N(CCC(=O)Nc1ccc(Cl)cc1)C(C)=O. The molecular weight excluding hydrogens is 363 g/mol. The molecule has 0 saturated carbocycles. The first-order chi connectivity index (χ1) is 11.9. The zero-order valence-corrected chi connectivity index (χ0v) is 15.4. The maximum Gasteiger partial charge on any atom is 0.226 e. The summed E-state index contributed by atoms with van der Waals surface area (Å²) in [5.41, 5.74) is 1.17. The van der Waals surface area contributed by atoms with Crippen molar-refractivity contribution in [2.24, 2.45) is 0 Å². The molecule has 0 bridgehead atoms. The van der Waals surface area contributed by atoms with E-state index in [0.717, 1.165) is 0 Å². The molecule has 132 valence electrons. The number of carbonyl (C=O) groups is 2. The van der Waals surface area contributed by atoms with Crippen molar-refractivity contribution >= 4 is 46.4 Å². The Morgan fingerprint density at radius 3 is 2.32 bits per heavy atom. The summed E-state index contributed by atoms with van der Waals surface area (Å²) in [5, 5.41) is 3.83. The van der Waals surface area contributed by atoms with E-state index >= 15 is 0 Å². The highest BCUT2D eigenvalue weighted by molar-refractivity contribution is 6.31.